The van der Waals surface area contributed by atoms with Crippen LogP contribution in [0.3, 0.4) is 0 Å². The second kappa shape index (κ2) is 8.65. The maximum absolute atomic E-state index is 12.0. The highest BCUT2D eigenvalue weighted by Crippen LogP contribution is 2.25. The topological polar surface area (TPSA) is 32.3 Å². The van der Waals surface area contributed by atoms with Crippen LogP contribution >= 0.6 is 27.5 Å². The summed E-state index contributed by atoms with van der Waals surface area (Å²) in [6.07, 6.45) is 2.04. The fourth-order valence-electron chi connectivity index (χ4n) is 1.72. The van der Waals surface area contributed by atoms with E-state index in [1.807, 2.05) is 12.1 Å². The number of nitrogens with one attached hydrogen (secondary N) is 1. The zero-order chi connectivity index (χ0) is 15.1. The number of carbonyl (C=O) groups is 1. The Kier molecular flexibility index (Phi) is 7.56. The van der Waals surface area contributed by atoms with Gasteiger partial charge in [0, 0.05) is 17.1 Å². The molecule has 1 N–H and O–H groups in total. The Balaban J connectivity index is 2.32. The summed E-state index contributed by atoms with van der Waals surface area (Å²) in [6, 6.07) is 5.92. The van der Waals surface area contributed by atoms with Crippen LogP contribution in [0, 0.1) is 0 Å². The minimum Gasteiger partial charge on any atom is -0.352 e. The second-order valence-electron chi connectivity index (χ2n) is 5.14. The van der Waals surface area contributed by atoms with Crippen molar-refractivity contribution in [3.8, 4) is 0 Å². The van der Waals surface area contributed by atoms with Crippen LogP contribution in [0.2, 0.25) is 5.02 Å². The summed E-state index contributed by atoms with van der Waals surface area (Å²) in [6.45, 7) is 6.08. The Morgan fingerprint density at radius 3 is 2.75 bits per heavy atom. The van der Waals surface area contributed by atoms with Gasteiger partial charge in [-0.3, -0.25) is 4.79 Å². The van der Waals surface area contributed by atoms with Crippen LogP contribution in [0.15, 0.2) is 22.7 Å². The molecule has 0 saturated heterocycles. The van der Waals surface area contributed by atoms with E-state index in [-0.39, 0.29) is 5.91 Å². The average Bonchev–Trinajstić information content (AvgIpc) is 2.40. The lowest BCUT2D eigenvalue weighted by atomic mass is 10.2. The number of carbonyl (C=O) groups excluding carboxylic acids is 1. The van der Waals surface area contributed by atoms with E-state index < -0.39 is 0 Å². The third-order valence-corrected chi connectivity index (χ3v) is 4.60. The third kappa shape index (κ3) is 5.43. The average molecular weight is 362 g/mol. The molecule has 0 spiro atoms. The molecule has 1 aromatic carbocycles. The molecule has 0 aliphatic carbocycles. The van der Waals surface area contributed by atoms with Crippen LogP contribution in [0.4, 0.5) is 0 Å². The molecular formula is C15H22BrClN2O. The third-order valence-electron chi connectivity index (χ3n) is 3.30. The van der Waals surface area contributed by atoms with Gasteiger partial charge in [0.15, 0.2) is 0 Å². The Labute approximate surface area is 134 Å². The fraction of sp³-hybridized carbons (Fsp3) is 0.533. The number of nitrogens with zero attached hydrogens (tertiary/aromatic N) is 1. The molecule has 1 amide bonds. The van der Waals surface area contributed by atoms with Crippen LogP contribution in [0.1, 0.15) is 37.0 Å². The molecule has 0 aliphatic rings. The van der Waals surface area contributed by atoms with Crippen LogP contribution in [0.25, 0.3) is 0 Å². The minimum atomic E-state index is -0.117. The van der Waals surface area contributed by atoms with Crippen molar-refractivity contribution in [3.05, 3.63) is 33.3 Å². The van der Waals surface area contributed by atoms with Gasteiger partial charge in [-0.1, -0.05) is 17.7 Å². The molecule has 5 heteroatoms. The van der Waals surface area contributed by atoms with Gasteiger partial charge in [-0.05, 0) is 68.3 Å². The van der Waals surface area contributed by atoms with Gasteiger partial charge in [0.1, 0.15) is 0 Å². The summed E-state index contributed by atoms with van der Waals surface area (Å²) in [7, 11) is 2.12. The Morgan fingerprint density at radius 2 is 2.10 bits per heavy atom. The molecule has 0 atom stereocenters. The van der Waals surface area contributed by atoms with Gasteiger partial charge in [0.2, 0.25) is 0 Å². The molecule has 0 aliphatic heterocycles. The van der Waals surface area contributed by atoms with Crippen molar-refractivity contribution in [1.82, 2.24) is 10.2 Å². The first-order valence-corrected chi connectivity index (χ1v) is 8.03. The number of hydrogen-bond donors (Lipinski definition) is 1. The summed E-state index contributed by atoms with van der Waals surface area (Å²) in [5, 5.41) is 3.37. The van der Waals surface area contributed by atoms with Crippen molar-refractivity contribution < 1.29 is 4.79 Å². The van der Waals surface area contributed by atoms with E-state index in [9.17, 15) is 4.79 Å². The molecule has 1 rings (SSSR count). The van der Waals surface area contributed by atoms with Crippen molar-refractivity contribution in [2.45, 2.75) is 32.7 Å². The van der Waals surface area contributed by atoms with Gasteiger partial charge < -0.3 is 10.2 Å². The lowest BCUT2D eigenvalue weighted by Crippen LogP contribution is -2.29. The van der Waals surface area contributed by atoms with Crippen molar-refractivity contribution in [3.63, 3.8) is 0 Å². The van der Waals surface area contributed by atoms with Gasteiger partial charge in [-0.25, -0.2) is 0 Å². The highest BCUT2D eigenvalue weighted by molar-refractivity contribution is 9.10. The maximum Gasteiger partial charge on any atom is 0.252 e. The van der Waals surface area contributed by atoms with Crippen molar-refractivity contribution in [1.29, 1.82) is 0 Å². The van der Waals surface area contributed by atoms with Gasteiger partial charge in [-0.2, -0.15) is 0 Å². The smallest absolute Gasteiger partial charge is 0.252 e. The van der Waals surface area contributed by atoms with Crippen molar-refractivity contribution in [2.75, 3.05) is 20.1 Å². The standard InChI is InChI=1S/C15H22BrClN2O/c1-11(2)19(3)10-5-4-9-18-15(20)12-7-6-8-13(16)14(12)17/h6-8,11H,4-5,9-10H2,1-3H3,(H,18,20). The second-order valence-corrected chi connectivity index (χ2v) is 6.37. The largest absolute Gasteiger partial charge is 0.352 e. The number of rotatable bonds is 7. The Hall–Kier alpha value is -0.580. The zero-order valence-corrected chi connectivity index (χ0v) is 14.6. The SMILES string of the molecule is CC(C)N(C)CCCCNC(=O)c1cccc(Br)c1Cl. The van der Waals surface area contributed by atoms with Gasteiger partial charge in [-0.15, -0.1) is 0 Å². The number of hydrogen-bond acceptors (Lipinski definition) is 2. The summed E-state index contributed by atoms with van der Waals surface area (Å²) < 4.78 is 0.741. The summed E-state index contributed by atoms with van der Waals surface area (Å²) in [5.41, 5.74) is 0.514. The van der Waals surface area contributed by atoms with Crippen LogP contribution in [0.5, 0.6) is 0 Å². The van der Waals surface area contributed by atoms with E-state index in [4.69, 9.17) is 11.6 Å². The number of benzene rings is 1. The van der Waals surface area contributed by atoms with Crippen LogP contribution in [-0.2, 0) is 0 Å². The molecule has 0 bridgehead atoms. The van der Waals surface area contributed by atoms with E-state index in [1.54, 1.807) is 6.07 Å². The lowest BCUT2D eigenvalue weighted by Gasteiger charge is -2.20. The molecule has 1 aromatic rings. The molecule has 0 heterocycles. The molecule has 3 nitrogen and oxygen atoms in total. The first-order chi connectivity index (χ1) is 9.43. The van der Waals surface area contributed by atoms with Crippen molar-refractivity contribution in [2.24, 2.45) is 0 Å². The summed E-state index contributed by atoms with van der Waals surface area (Å²) in [5.74, 6) is -0.117. The molecule has 0 radical (unpaired) electrons. The quantitative estimate of drug-likeness (QED) is 0.746. The molecule has 0 saturated carbocycles. The monoisotopic (exact) mass is 360 g/mol. The molecule has 20 heavy (non-hydrogen) atoms. The van der Waals surface area contributed by atoms with Gasteiger partial charge in [0.25, 0.3) is 5.91 Å². The zero-order valence-electron chi connectivity index (χ0n) is 12.2. The highest BCUT2D eigenvalue weighted by Gasteiger charge is 2.11. The van der Waals surface area contributed by atoms with Crippen LogP contribution in [-0.4, -0.2) is 37.0 Å². The molecular weight excluding hydrogens is 340 g/mol. The molecule has 0 unspecified atom stereocenters. The van der Waals surface area contributed by atoms with Crippen LogP contribution < -0.4 is 5.32 Å². The van der Waals surface area contributed by atoms with E-state index >= 15 is 0 Å². The van der Waals surface area contributed by atoms with Gasteiger partial charge >= 0.3 is 0 Å². The molecule has 0 fully saturated rings. The van der Waals surface area contributed by atoms with Crippen molar-refractivity contribution >= 4 is 33.4 Å². The predicted octanol–water partition coefficient (Wildman–Crippen LogP) is 3.95. The number of halogens is 2. The summed E-state index contributed by atoms with van der Waals surface area (Å²) >= 11 is 9.41. The van der Waals surface area contributed by atoms with E-state index in [0.717, 1.165) is 23.9 Å². The normalized spacial score (nSPS) is 11.2. The molecule has 0 aromatic heterocycles. The number of unbranched alkanes of at least 4 members (excludes halogenated alkanes) is 1. The predicted molar refractivity (Wildman–Crippen MR) is 88.5 cm³/mol. The van der Waals surface area contributed by atoms with E-state index in [2.05, 4.69) is 47.0 Å². The highest BCUT2D eigenvalue weighted by atomic mass is 79.9. The lowest BCUT2D eigenvalue weighted by molar-refractivity contribution is 0.0952. The van der Waals surface area contributed by atoms with Gasteiger partial charge in [0.05, 0.1) is 10.6 Å². The van der Waals surface area contributed by atoms with E-state index in [1.165, 1.54) is 0 Å². The van der Waals surface area contributed by atoms with E-state index in [0.29, 0.717) is 23.2 Å². The first kappa shape index (κ1) is 17.5. The number of amides is 1. The minimum absolute atomic E-state index is 0.117. The Morgan fingerprint density at radius 1 is 1.40 bits per heavy atom. The molecule has 112 valence electrons. The summed E-state index contributed by atoms with van der Waals surface area (Å²) in [4.78, 5) is 14.3. The maximum atomic E-state index is 12.0. The Bertz CT molecular complexity index is 451. The first-order valence-electron chi connectivity index (χ1n) is 6.86. The fourth-order valence-corrected chi connectivity index (χ4v) is 2.30.